The van der Waals surface area contributed by atoms with Crippen LogP contribution in [0.1, 0.15) is 36.5 Å². The Balaban J connectivity index is 1.66. The molecule has 2 aromatic rings. The third-order valence-electron chi connectivity index (χ3n) is 6.98. The fourth-order valence-electron chi connectivity index (χ4n) is 5.41. The highest BCUT2D eigenvalue weighted by molar-refractivity contribution is 7.92. The molecule has 0 aliphatic heterocycles. The molecule has 2 aromatic carbocycles. The number of nitrogens with one attached hydrogen (secondary N) is 1. The fourth-order valence-corrected chi connectivity index (χ4v) is 8.32. The zero-order chi connectivity index (χ0) is 25.0. The first kappa shape index (κ1) is 24.8. The second-order valence-electron chi connectivity index (χ2n) is 9.22. The van der Waals surface area contributed by atoms with Crippen molar-refractivity contribution >= 4 is 33.0 Å². The Morgan fingerprint density at radius 2 is 1.85 bits per heavy atom. The molecule has 2 fully saturated rings. The molecule has 3 unspecified atom stereocenters. The van der Waals surface area contributed by atoms with E-state index >= 15 is 0 Å². The number of fused-ring (bicyclic) bond motifs is 2. The van der Waals surface area contributed by atoms with Crippen molar-refractivity contribution in [2.75, 3.05) is 5.32 Å². The maximum Gasteiger partial charge on any atom is 0.255 e. The van der Waals surface area contributed by atoms with Gasteiger partial charge < -0.3 is 10.4 Å². The van der Waals surface area contributed by atoms with Gasteiger partial charge in [0.05, 0.1) is 20.8 Å². The summed E-state index contributed by atoms with van der Waals surface area (Å²) in [5.74, 6) is -6.03. The summed E-state index contributed by atoms with van der Waals surface area (Å²) < 4.78 is 67.5. The number of rotatable bonds is 5. The molecule has 5 nitrogen and oxygen atoms in total. The van der Waals surface area contributed by atoms with Crippen molar-refractivity contribution in [2.45, 2.75) is 41.9 Å². The smallest absolute Gasteiger partial charge is 0.255 e. The summed E-state index contributed by atoms with van der Waals surface area (Å²) >= 11 is 6.24. The summed E-state index contributed by atoms with van der Waals surface area (Å²) in [4.78, 5) is 12.4. The minimum Gasteiger partial charge on any atom is -0.386 e. The minimum absolute atomic E-state index is 0.0623. The SMILES string of the molecule is C=CC1(O)CC2C(S(=O)(=O)c3cc(C(=O)Nc4cc(F)c(F)c(F)c4)ccc3Cl)[C@@H](C[C@@H]2C)C1. The van der Waals surface area contributed by atoms with Crippen molar-refractivity contribution in [1.29, 1.82) is 0 Å². The van der Waals surface area contributed by atoms with E-state index in [-0.39, 0.29) is 51.8 Å². The van der Waals surface area contributed by atoms with Crippen LogP contribution in [0.3, 0.4) is 0 Å². The lowest BCUT2D eigenvalue weighted by Gasteiger charge is -2.39. The Hall–Kier alpha value is -2.36. The first-order chi connectivity index (χ1) is 15.9. The van der Waals surface area contributed by atoms with Crippen molar-refractivity contribution in [3.05, 3.63) is 71.0 Å². The molecule has 5 atom stereocenters. The van der Waals surface area contributed by atoms with Crippen molar-refractivity contribution in [2.24, 2.45) is 17.8 Å². The van der Waals surface area contributed by atoms with Gasteiger partial charge in [0.15, 0.2) is 27.3 Å². The molecule has 0 aromatic heterocycles. The van der Waals surface area contributed by atoms with E-state index in [0.717, 1.165) is 6.07 Å². The van der Waals surface area contributed by atoms with Gasteiger partial charge in [0, 0.05) is 23.4 Å². The van der Waals surface area contributed by atoms with Crippen LogP contribution in [-0.2, 0) is 9.84 Å². The van der Waals surface area contributed by atoms with Crippen molar-refractivity contribution in [3.8, 4) is 0 Å². The minimum atomic E-state index is -3.99. The molecular weight excluding hydrogens is 491 g/mol. The summed E-state index contributed by atoms with van der Waals surface area (Å²) in [5, 5.41) is 12.1. The Labute approximate surface area is 200 Å². The van der Waals surface area contributed by atoms with Crippen molar-refractivity contribution in [3.63, 3.8) is 0 Å². The van der Waals surface area contributed by atoms with Crippen LogP contribution in [0, 0.1) is 35.2 Å². The molecule has 0 heterocycles. The molecular formula is C24H23ClF3NO4S. The van der Waals surface area contributed by atoms with Gasteiger partial charge in [0.1, 0.15) is 0 Å². The van der Waals surface area contributed by atoms with Crippen LogP contribution >= 0.6 is 11.6 Å². The van der Waals surface area contributed by atoms with Crippen LogP contribution < -0.4 is 5.32 Å². The number of benzene rings is 2. The summed E-state index contributed by atoms with van der Waals surface area (Å²) in [5.41, 5.74) is -1.56. The van der Waals surface area contributed by atoms with E-state index in [4.69, 9.17) is 11.6 Å². The first-order valence-electron chi connectivity index (χ1n) is 10.7. The molecule has 2 bridgehead atoms. The number of carbonyl (C=O) groups is 1. The summed E-state index contributed by atoms with van der Waals surface area (Å²) in [6.45, 7) is 5.64. The average Bonchev–Trinajstić information content (AvgIpc) is 2.99. The highest BCUT2D eigenvalue weighted by Crippen LogP contribution is 2.54. The standard InChI is InChI=1S/C24H23ClF3NO4S/c1-3-24(31)10-14-6-12(2)16(11-24)22(14)34(32,33)20-7-13(4-5-17(20)25)23(30)29-15-8-18(26)21(28)19(27)9-15/h3-5,7-9,12,14,16,22,31H,1,6,10-11H2,2H3,(H,29,30)/t12-,14-,16?,22?,24?/m0/s1. The van der Waals surface area contributed by atoms with Crippen molar-refractivity contribution < 1.29 is 31.5 Å². The predicted octanol–water partition coefficient (Wildman–Crippen LogP) is 5.14. The van der Waals surface area contributed by atoms with E-state index < -0.39 is 44.0 Å². The molecule has 4 rings (SSSR count). The third-order valence-corrected chi connectivity index (χ3v) is 9.82. The maximum absolute atomic E-state index is 13.7. The predicted molar refractivity (Wildman–Crippen MR) is 122 cm³/mol. The van der Waals surface area contributed by atoms with Crippen LogP contribution in [0.25, 0.3) is 0 Å². The lowest BCUT2D eigenvalue weighted by molar-refractivity contribution is 0.0225. The number of aliphatic hydroxyl groups is 1. The number of anilines is 1. The Morgan fingerprint density at radius 1 is 1.21 bits per heavy atom. The largest absolute Gasteiger partial charge is 0.386 e. The van der Waals surface area contributed by atoms with Crippen LogP contribution in [0.15, 0.2) is 47.9 Å². The van der Waals surface area contributed by atoms with E-state index in [9.17, 15) is 31.5 Å². The molecule has 0 saturated heterocycles. The first-order valence-corrected chi connectivity index (χ1v) is 12.6. The molecule has 0 spiro atoms. The Kier molecular flexibility index (Phi) is 6.33. The van der Waals surface area contributed by atoms with E-state index in [2.05, 4.69) is 11.9 Å². The lowest BCUT2D eigenvalue weighted by atomic mass is 9.76. The second kappa shape index (κ2) is 8.70. The summed E-state index contributed by atoms with van der Waals surface area (Å²) in [7, 11) is -3.99. The molecule has 0 radical (unpaired) electrons. The maximum atomic E-state index is 13.7. The second-order valence-corrected chi connectivity index (χ2v) is 11.7. The van der Waals surface area contributed by atoms with Gasteiger partial charge in [0.25, 0.3) is 5.91 Å². The average molecular weight is 514 g/mol. The summed E-state index contributed by atoms with van der Waals surface area (Å²) in [6, 6.07) is 4.91. The molecule has 2 aliphatic carbocycles. The molecule has 2 aliphatic rings. The topological polar surface area (TPSA) is 83.5 Å². The number of halogens is 4. The number of hydrogen-bond donors (Lipinski definition) is 2. The molecule has 34 heavy (non-hydrogen) atoms. The van der Waals surface area contributed by atoms with Gasteiger partial charge in [-0.25, -0.2) is 21.6 Å². The van der Waals surface area contributed by atoms with Crippen molar-refractivity contribution in [1.82, 2.24) is 0 Å². The molecule has 182 valence electrons. The molecule has 2 N–H and O–H groups in total. The highest BCUT2D eigenvalue weighted by Gasteiger charge is 2.56. The van der Waals surface area contributed by atoms with Gasteiger partial charge in [-0.2, -0.15) is 0 Å². The van der Waals surface area contributed by atoms with Gasteiger partial charge >= 0.3 is 0 Å². The normalized spacial score (nSPS) is 28.5. The Bertz CT molecular complexity index is 1260. The van der Waals surface area contributed by atoms with Crippen LogP contribution in [0.2, 0.25) is 5.02 Å². The lowest BCUT2D eigenvalue weighted by Crippen LogP contribution is -2.45. The summed E-state index contributed by atoms with van der Waals surface area (Å²) in [6.07, 6.45) is 2.62. The van der Waals surface area contributed by atoms with Gasteiger partial charge in [0.2, 0.25) is 0 Å². The van der Waals surface area contributed by atoms with E-state index in [1.165, 1.54) is 18.2 Å². The fraction of sp³-hybridized carbons (Fsp3) is 0.375. The van der Waals surface area contributed by atoms with E-state index in [1.807, 2.05) is 6.92 Å². The number of sulfone groups is 1. The molecule has 2 saturated carbocycles. The molecule has 1 amide bonds. The van der Waals surface area contributed by atoms with Gasteiger partial charge in [-0.1, -0.05) is 24.6 Å². The number of amides is 1. The van der Waals surface area contributed by atoms with Crippen LogP contribution in [0.5, 0.6) is 0 Å². The van der Waals surface area contributed by atoms with Crippen LogP contribution in [0.4, 0.5) is 18.9 Å². The highest BCUT2D eigenvalue weighted by atomic mass is 35.5. The van der Waals surface area contributed by atoms with Crippen LogP contribution in [-0.4, -0.2) is 30.3 Å². The van der Waals surface area contributed by atoms with Gasteiger partial charge in [-0.05, 0) is 55.2 Å². The van der Waals surface area contributed by atoms with Gasteiger partial charge in [-0.15, -0.1) is 6.58 Å². The number of carbonyl (C=O) groups excluding carboxylic acids is 1. The Morgan fingerprint density at radius 3 is 2.44 bits per heavy atom. The van der Waals surface area contributed by atoms with Gasteiger partial charge in [-0.3, -0.25) is 4.79 Å². The molecule has 10 heteroatoms. The quantitative estimate of drug-likeness (QED) is 0.428. The third kappa shape index (κ3) is 4.25. The zero-order valence-electron chi connectivity index (χ0n) is 18.2. The number of hydrogen-bond acceptors (Lipinski definition) is 4. The van der Waals surface area contributed by atoms with E-state index in [1.54, 1.807) is 0 Å². The zero-order valence-corrected chi connectivity index (χ0v) is 19.8. The monoisotopic (exact) mass is 513 g/mol. The van der Waals surface area contributed by atoms with E-state index in [0.29, 0.717) is 18.6 Å².